The molecular formula is C16H16N2OS2. The van der Waals surface area contributed by atoms with Gasteiger partial charge in [-0.3, -0.25) is 4.79 Å². The molecule has 0 unspecified atom stereocenters. The molecule has 0 bridgehead atoms. The molecule has 1 aromatic carbocycles. The van der Waals surface area contributed by atoms with Crippen LogP contribution in [0.4, 0.5) is 0 Å². The molecule has 0 amide bonds. The quantitative estimate of drug-likeness (QED) is 0.515. The van der Waals surface area contributed by atoms with Gasteiger partial charge in [0.2, 0.25) is 0 Å². The monoisotopic (exact) mass is 316 g/mol. The van der Waals surface area contributed by atoms with E-state index in [0.717, 1.165) is 11.2 Å². The van der Waals surface area contributed by atoms with Crippen molar-refractivity contribution in [1.29, 1.82) is 0 Å². The van der Waals surface area contributed by atoms with E-state index in [-0.39, 0.29) is 0 Å². The van der Waals surface area contributed by atoms with Gasteiger partial charge in [0.1, 0.15) is 0 Å². The third-order valence-corrected chi connectivity index (χ3v) is 4.26. The molecule has 0 spiro atoms. The Morgan fingerprint density at radius 1 is 1.19 bits per heavy atom. The average molecular weight is 316 g/mol. The fourth-order valence-electron chi connectivity index (χ4n) is 1.75. The SMILES string of the molecule is CNC(=S)N/C(C=O)=C/c1ccc(-c2ccc(C)cc2)s1. The van der Waals surface area contributed by atoms with Crippen LogP contribution in [0.15, 0.2) is 42.1 Å². The van der Waals surface area contributed by atoms with E-state index in [1.165, 1.54) is 16.0 Å². The van der Waals surface area contributed by atoms with E-state index in [0.29, 0.717) is 10.8 Å². The molecule has 2 aromatic rings. The minimum Gasteiger partial charge on any atom is -0.366 e. The minimum absolute atomic E-state index is 0.420. The molecule has 0 aliphatic heterocycles. The van der Waals surface area contributed by atoms with Crippen molar-refractivity contribution in [3.05, 3.63) is 52.5 Å². The fraction of sp³-hybridized carbons (Fsp3) is 0.125. The highest BCUT2D eigenvalue weighted by atomic mass is 32.1. The third kappa shape index (κ3) is 4.24. The van der Waals surface area contributed by atoms with Gasteiger partial charge in [0, 0.05) is 16.8 Å². The molecule has 21 heavy (non-hydrogen) atoms. The van der Waals surface area contributed by atoms with Crippen LogP contribution in [0.1, 0.15) is 10.4 Å². The summed E-state index contributed by atoms with van der Waals surface area (Å²) in [5, 5.41) is 6.04. The van der Waals surface area contributed by atoms with Crippen LogP contribution in [-0.2, 0) is 4.79 Å². The number of aryl methyl sites for hydroxylation is 1. The second-order valence-electron chi connectivity index (χ2n) is 4.49. The number of allylic oxidation sites excluding steroid dienone is 1. The number of hydrogen-bond acceptors (Lipinski definition) is 3. The summed E-state index contributed by atoms with van der Waals surface area (Å²) in [4.78, 5) is 13.2. The number of carbonyl (C=O) groups is 1. The predicted molar refractivity (Wildman–Crippen MR) is 93.3 cm³/mol. The van der Waals surface area contributed by atoms with E-state index in [1.807, 2.05) is 6.07 Å². The Bertz CT molecular complexity index is 672. The summed E-state index contributed by atoms with van der Waals surface area (Å²) in [6, 6.07) is 12.4. The summed E-state index contributed by atoms with van der Waals surface area (Å²) >= 11 is 6.62. The van der Waals surface area contributed by atoms with E-state index < -0.39 is 0 Å². The van der Waals surface area contributed by atoms with Crippen LogP contribution in [0.5, 0.6) is 0 Å². The molecule has 0 atom stereocenters. The summed E-state index contributed by atoms with van der Waals surface area (Å²) in [5.41, 5.74) is 2.85. The van der Waals surface area contributed by atoms with Gasteiger partial charge >= 0.3 is 0 Å². The smallest absolute Gasteiger partial charge is 0.170 e. The van der Waals surface area contributed by atoms with Gasteiger partial charge in [-0.2, -0.15) is 0 Å². The van der Waals surface area contributed by atoms with Gasteiger partial charge in [0.25, 0.3) is 0 Å². The number of rotatable bonds is 4. The van der Waals surface area contributed by atoms with Gasteiger partial charge in [-0.25, -0.2) is 0 Å². The first-order valence-electron chi connectivity index (χ1n) is 6.45. The molecule has 0 aliphatic rings. The molecule has 2 N–H and O–H groups in total. The van der Waals surface area contributed by atoms with E-state index in [9.17, 15) is 4.79 Å². The Morgan fingerprint density at radius 3 is 2.52 bits per heavy atom. The van der Waals surface area contributed by atoms with Gasteiger partial charge < -0.3 is 10.6 Å². The van der Waals surface area contributed by atoms with Crippen molar-refractivity contribution in [1.82, 2.24) is 10.6 Å². The predicted octanol–water partition coefficient (Wildman–Crippen LogP) is 3.36. The normalized spacial score (nSPS) is 11.0. The highest BCUT2D eigenvalue weighted by Gasteiger charge is 2.03. The molecule has 0 saturated heterocycles. The van der Waals surface area contributed by atoms with Crippen LogP contribution in [0.25, 0.3) is 16.5 Å². The van der Waals surface area contributed by atoms with Gasteiger partial charge in [0.05, 0.1) is 5.70 Å². The Hall–Kier alpha value is -1.98. The Labute approximate surface area is 133 Å². The second kappa shape index (κ2) is 7.15. The number of nitrogens with one attached hydrogen (secondary N) is 2. The number of aldehydes is 1. The van der Waals surface area contributed by atoms with Gasteiger partial charge in [-0.15, -0.1) is 11.3 Å². The summed E-state index contributed by atoms with van der Waals surface area (Å²) in [6.07, 6.45) is 2.55. The van der Waals surface area contributed by atoms with Crippen molar-refractivity contribution in [3.63, 3.8) is 0 Å². The standard InChI is InChI=1S/C16H16N2OS2/c1-11-3-5-12(6-4-11)15-8-7-14(21-15)9-13(10-19)18-16(20)17-2/h3-10H,1-2H3,(H2,17,18,20)/b13-9+. The van der Waals surface area contributed by atoms with Crippen LogP contribution >= 0.6 is 23.6 Å². The van der Waals surface area contributed by atoms with Crippen molar-refractivity contribution >= 4 is 41.0 Å². The van der Waals surface area contributed by atoms with E-state index in [2.05, 4.69) is 47.9 Å². The Morgan fingerprint density at radius 2 is 1.90 bits per heavy atom. The lowest BCUT2D eigenvalue weighted by Gasteiger charge is -2.05. The highest BCUT2D eigenvalue weighted by Crippen LogP contribution is 2.29. The molecule has 1 aromatic heterocycles. The second-order valence-corrected chi connectivity index (χ2v) is 6.01. The average Bonchev–Trinajstić information content (AvgIpc) is 2.95. The summed E-state index contributed by atoms with van der Waals surface area (Å²) in [6.45, 7) is 2.07. The maximum absolute atomic E-state index is 11.1. The molecule has 0 saturated carbocycles. The number of hydrogen-bond donors (Lipinski definition) is 2. The number of benzene rings is 1. The zero-order valence-electron chi connectivity index (χ0n) is 11.8. The van der Waals surface area contributed by atoms with Crippen molar-refractivity contribution in [3.8, 4) is 10.4 Å². The first kappa shape index (κ1) is 15.4. The van der Waals surface area contributed by atoms with Crippen LogP contribution in [-0.4, -0.2) is 18.4 Å². The Balaban J connectivity index is 2.20. The van der Waals surface area contributed by atoms with Crippen LogP contribution in [0.3, 0.4) is 0 Å². The van der Waals surface area contributed by atoms with Crippen molar-refractivity contribution in [2.75, 3.05) is 7.05 Å². The number of thiocarbonyl (C=S) groups is 1. The molecule has 0 radical (unpaired) electrons. The zero-order valence-corrected chi connectivity index (χ0v) is 13.5. The summed E-state index contributed by atoms with van der Waals surface area (Å²) < 4.78 is 0. The topological polar surface area (TPSA) is 41.1 Å². The molecule has 5 heteroatoms. The summed E-state index contributed by atoms with van der Waals surface area (Å²) in [5.74, 6) is 0. The maximum Gasteiger partial charge on any atom is 0.170 e. The molecule has 3 nitrogen and oxygen atoms in total. The number of carbonyl (C=O) groups excluding carboxylic acids is 1. The largest absolute Gasteiger partial charge is 0.366 e. The van der Waals surface area contributed by atoms with Crippen molar-refractivity contribution in [2.45, 2.75) is 6.92 Å². The lowest BCUT2D eigenvalue weighted by molar-refractivity contribution is -0.105. The van der Waals surface area contributed by atoms with Crippen LogP contribution < -0.4 is 10.6 Å². The van der Waals surface area contributed by atoms with Gasteiger partial charge in [-0.1, -0.05) is 29.8 Å². The number of thiophene rings is 1. The maximum atomic E-state index is 11.1. The van der Waals surface area contributed by atoms with Crippen molar-refractivity contribution in [2.24, 2.45) is 0 Å². The van der Waals surface area contributed by atoms with Crippen molar-refractivity contribution < 1.29 is 4.79 Å². The van der Waals surface area contributed by atoms with Gasteiger partial charge in [0.15, 0.2) is 11.4 Å². The molecule has 0 fully saturated rings. The van der Waals surface area contributed by atoms with Crippen LogP contribution in [0, 0.1) is 6.92 Å². The molecule has 1 heterocycles. The summed E-state index contributed by atoms with van der Waals surface area (Å²) in [7, 11) is 1.71. The minimum atomic E-state index is 0.420. The zero-order chi connectivity index (χ0) is 15.2. The third-order valence-electron chi connectivity index (χ3n) is 2.87. The molecule has 108 valence electrons. The molecule has 2 rings (SSSR count). The lowest BCUT2D eigenvalue weighted by atomic mass is 10.1. The first-order chi connectivity index (χ1) is 10.1. The molecular weight excluding hydrogens is 300 g/mol. The lowest BCUT2D eigenvalue weighted by Crippen LogP contribution is -2.32. The first-order valence-corrected chi connectivity index (χ1v) is 7.67. The highest BCUT2D eigenvalue weighted by molar-refractivity contribution is 7.80. The molecule has 0 aliphatic carbocycles. The fourth-order valence-corrected chi connectivity index (χ4v) is 2.83. The van der Waals surface area contributed by atoms with E-state index in [4.69, 9.17) is 12.2 Å². The van der Waals surface area contributed by atoms with Crippen LogP contribution in [0.2, 0.25) is 0 Å². The Kier molecular flexibility index (Phi) is 5.25. The van der Waals surface area contributed by atoms with E-state index >= 15 is 0 Å². The van der Waals surface area contributed by atoms with E-state index in [1.54, 1.807) is 24.5 Å². The van der Waals surface area contributed by atoms with Gasteiger partial charge in [-0.05, 0) is 42.9 Å².